The molecule has 1 heterocycles. The Morgan fingerprint density at radius 1 is 1.43 bits per heavy atom. The van der Waals surface area contributed by atoms with Gasteiger partial charge in [-0.25, -0.2) is 14.0 Å². The fourth-order valence-electron chi connectivity index (χ4n) is 2.31. The van der Waals surface area contributed by atoms with Gasteiger partial charge in [0.15, 0.2) is 0 Å². The number of ether oxygens (including phenoxy) is 1. The average molecular weight is 296 g/mol. The number of hydrogen-bond acceptors (Lipinski definition) is 3. The van der Waals surface area contributed by atoms with Crippen LogP contribution < -0.4 is 5.32 Å². The summed E-state index contributed by atoms with van der Waals surface area (Å²) in [6.07, 6.45) is -0.00169. The molecule has 1 aliphatic rings. The van der Waals surface area contributed by atoms with Crippen molar-refractivity contribution in [3.8, 4) is 0 Å². The van der Waals surface area contributed by atoms with Gasteiger partial charge in [-0.1, -0.05) is 12.1 Å². The molecule has 0 bridgehead atoms. The van der Waals surface area contributed by atoms with E-state index in [0.29, 0.717) is 0 Å². The number of carboxylic acids is 1. The number of nitrogens with one attached hydrogen (secondary N) is 1. The molecule has 0 spiro atoms. The van der Waals surface area contributed by atoms with Gasteiger partial charge in [-0.2, -0.15) is 0 Å². The number of carbonyl (C=O) groups is 2. The van der Waals surface area contributed by atoms with E-state index in [0.717, 1.165) is 5.56 Å². The molecule has 1 aromatic rings. The first-order valence-corrected chi connectivity index (χ1v) is 6.55. The summed E-state index contributed by atoms with van der Waals surface area (Å²) < 4.78 is 17.9. The highest BCUT2D eigenvalue weighted by atomic mass is 19.1. The molecule has 1 saturated heterocycles. The number of nitrogens with zero attached hydrogens (tertiary/aromatic N) is 1. The molecule has 2 atom stereocenters. The Kier molecular flexibility index (Phi) is 4.74. The van der Waals surface area contributed by atoms with E-state index in [4.69, 9.17) is 9.84 Å². The molecule has 1 fully saturated rings. The maximum Gasteiger partial charge on any atom is 0.326 e. The Bertz CT molecular complexity index is 520. The third kappa shape index (κ3) is 3.69. The van der Waals surface area contributed by atoms with Crippen molar-refractivity contribution in [2.24, 2.45) is 0 Å². The van der Waals surface area contributed by atoms with Crippen LogP contribution >= 0.6 is 0 Å². The second-order valence-electron chi connectivity index (χ2n) is 4.88. The van der Waals surface area contributed by atoms with Crippen LogP contribution in [0.15, 0.2) is 24.3 Å². The number of hydrogen-bond donors (Lipinski definition) is 2. The van der Waals surface area contributed by atoms with Crippen molar-refractivity contribution >= 4 is 12.0 Å². The van der Waals surface area contributed by atoms with Crippen molar-refractivity contribution in [2.75, 3.05) is 13.7 Å². The molecule has 0 aromatic heterocycles. The lowest BCUT2D eigenvalue weighted by atomic mass is 10.2. The molecular formula is C14H17FN2O4. The maximum absolute atomic E-state index is 12.8. The number of amides is 2. The predicted molar refractivity (Wildman–Crippen MR) is 72.2 cm³/mol. The summed E-state index contributed by atoms with van der Waals surface area (Å²) in [5.41, 5.74) is 0.735. The van der Waals surface area contributed by atoms with Gasteiger partial charge in [0.2, 0.25) is 0 Å². The van der Waals surface area contributed by atoms with E-state index >= 15 is 0 Å². The van der Waals surface area contributed by atoms with Crippen LogP contribution in [0.4, 0.5) is 9.18 Å². The van der Waals surface area contributed by atoms with Gasteiger partial charge in [0.05, 0.1) is 6.10 Å². The van der Waals surface area contributed by atoms with E-state index in [9.17, 15) is 14.0 Å². The van der Waals surface area contributed by atoms with Gasteiger partial charge in [-0.15, -0.1) is 0 Å². The Hall–Kier alpha value is -2.15. The molecule has 0 radical (unpaired) electrons. The van der Waals surface area contributed by atoms with E-state index in [1.54, 1.807) is 12.1 Å². The normalized spacial score (nSPS) is 21.3. The number of urea groups is 1. The van der Waals surface area contributed by atoms with Gasteiger partial charge in [0, 0.05) is 26.6 Å². The minimum atomic E-state index is -1.05. The predicted octanol–water partition coefficient (Wildman–Crippen LogP) is 1.21. The molecule has 1 aromatic carbocycles. The fraction of sp³-hybridized carbons (Fsp3) is 0.429. The Morgan fingerprint density at radius 3 is 2.67 bits per heavy atom. The first-order chi connectivity index (χ1) is 10.0. The van der Waals surface area contributed by atoms with Crippen LogP contribution in [0.2, 0.25) is 0 Å². The van der Waals surface area contributed by atoms with Crippen LogP contribution in [-0.4, -0.2) is 47.8 Å². The first-order valence-electron chi connectivity index (χ1n) is 6.55. The lowest BCUT2D eigenvalue weighted by Gasteiger charge is -2.21. The molecular weight excluding hydrogens is 279 g/mol. The van der Waals surface area contributed by atoms with Crippen LogP contribution in [0.25, 0.3) is 0 Å². The smallest absolute Gasteiger partial charge is 0.326 e. The first kappa shape index (κ1) is 15.2. The molecule has 2 amide bonds. The quantitative estimate of drug-likeness (QED) is 0.875. The topological polar surface area (TPSA) is 78.9 Å². The van der Waals surface area contributed by atoms with E-state index < -0.39 is 18.0 Å². The Labute approximate surface area is 121 Å². The molecule has 2 rings (SSSR count). The van der Waals surface area contributed by atoms with Crippen LogP contribution in [0, 0.1) is 5.82 Å². The molecule has 21 heavy (non-hydrogen) atoms. The van der Waals surface area contributed by atoms with Gasteiger partial charge >= 0.3 is 12.0 Å². The molecule has 1 aliphatic heterocycles. The Morgan fingerprint density at radius 2 is 2.10 bits per heavy atom. The summed E-state index contributed by atoms with van der Waals surface area (Å²) in [6.45, 7) is 0.447. The lowest BCUT2D eigenvalue weighted by Crippen LogP contribution is -2.46. The monoisotopic (exact) mass is 296 g/mol. The van der Waals surface area contributed by atoms with Gasteiger partial charge in [-0.3, -0.25) is 0 Å². The number of methoxy groups -OCH3 is 1. The number of aliphatic carboxylic acids is 1. The number of carbonyl (C=O) groups excluding carboxylic acids is 1. The van der Waals surface area contributed by atoms with Gasteiger partial charge in [-0.05, 0) is 17.7 Å². The Balaban J connectivity index is 1.95. The standard InChI is InChI=1S/C14H17FN2O4/c1-21-11-6-12(13(18)19)17(8-11)14(20)16-7-9-2-4-10(15)5-3-9/h2-5,11-12H,6-8H2,1H3,(H,16,20)(H,18,19). The van der Waals surface area contributed by atoms with Crippen molar-refractivity contribution in [3.63, 3.8) is 0 Å². The number of carboxylic acid groups (broad SMARTS) is 1. The van der Waals surface area contributed by atoms with E-state index in [1.807, 2.05) is 0 Å². The van der Waals surface area contributed by atoms with Crippen molar-refractivity contribution in [1.29, 1.82) is 0 Å². The SMILES string of the molecule is COC1CC(C(=O)O)N(C(=O)NCc2ccc(F)cc2)C1. The van der Waals surface area contributed by atoms with Crippen LogP contribution in [0.5, 0.6) is 0 Å². The van der Waals surface area contributed by atoms with Gasteiger partial charge < -0.3 is 20.1 Å². The number of likely N-dealkylation sites (tertiary alicyclic amines) is 1. The summed E-state index contributed by atoms with van der Waals surface area (Å²) in [6, 6.07) is 4.38. The van der Waals surface area contributed by atoms with Crippen LogP contribution in [0.3, 0.4) is 0 Å². The zero-order valence-corrected chi connectivity index (χ0v) is 11.6. The fourth-order valence-corrected chi connectivity index (χ4v) is 2.31. The molecule has 2 unspecified atom stereocenters. The van der Waals surface area contributed by atoms with Crippen molar-refractivity contribution < 1.29 is 23.8 Å². The van der Waals surface area contributed by atoms with E-state index in [-0.39, 0.29) is 31.4 Å². The number of rotatable bonds is 4. The van der Waals surface area contributed by atoms with Crippen molar-refractivity contribution in [3.05, 3.63) is 35.6 Å². The number of benzene rings is 1. The van der Waals surface area contributed by atoms with Crippen LogP contribution in [-0.2, 0) is 16.1 Å². The van der Waals surface area contributed by atoms with Gasteiger partial charge in [0.1, 0.15) is 11.9 Å². The van der Waals surface area contributed by atoms with E-state index in [1.165, 1.54) is 24.1 Å². The third-order valence-corrected chi connectivity index (χ3v) is 3.50. The highest BCUT2D eigenvalue weighted by Gasteiger charge is 2.39. The van der Waals surface area contributed by atoms with Crippen molar-refractivity contribution in [1.82, 2.24) is 10.2 Å². The molecule has 2 N–H and O–H groups in total. The molecule has 6 nitrogen and oxygen atoms in total. The minimum Gasteiger partial charge on any atom is -0.480 e. The minimum absolute atomic E-state index is 0.208. The largest absolute Gasteiger partial charge is 0.480 e. The second-order valence-corrected chi connectivity index (χ2v) is 4.88. The maximum atomic E-state index is 12.8. The zero-order valence-electron chi connectivity index (χ0n) is 11.6. The highest BCUT2D eigenvalue weighted by molar-refractivity contribution is 5.83. The summed E-state index contributed by atoms with van der Waals surface area (Å²) in [5.74, 6) is -1.40. The molecule has 114 valence electrons. The lowest BCUT2D eigenvalue weighted by molar-refractivity contribution is -0.141. The summed E-state index contributed by atoms with van der Waals surface area (Å²) in [5, 5.41) is 11.8. The molecule has 7 heteroatoms. The highest BCUT2D eigenvalue weighted by Crippen LogP contribution is 2.20. The zero-order chi connectivity index (χ0) is 15.4. The van der Waals surface area contributed by atoms with Gasteiger partial charge in [0.25, 0.3) is 0 Å². The summed E-state index contributed by atoms with van der Waals surface area (Å²) >= 11 is 0. The van der Waals surface area contributed by atoms with E-state index in [2.05, 4.69) is 5.32 Å². The summed E-state index contributed by atoms with van der Waals surface area (Å²) in [7, 11) is 1.49. The van der Waals surface area contributed by atoms with Crippen molar-refractivity contribution in [2.45, 2.75) is 25.1 Å². The van der Waals surface area contributed by atoms with Crippen LogP contribution in [0.1, 0.15) is 12.0 Å². The summed E-state index contributed by atoms with van der Waals surface area (Å²) in [4.78, 5) is 24.5. The second kappa shape index (κ2) is 6.53. The number of halogens is 1. The molecule has 0 saturated carbocycles. The average Bonchev–Trinajstić information content (AvgIpc) is 2.91. The molecule has 0 aliphatic carbocycles. The third-order valence-electron chi connectivity index (χ3n) is 3.50.